The van der Waals surface area contributed by atoms with E-state index in [1.54, 1.807) is 18.2 Å². The number of pyridine rings is 1. The fourth-order valence-corrected chi connectivity index (χ4v) is 2.37. The Labute approximate surface area is 130 Å². The molecule has 0 atom stereocenters. The molecule has 0 radical (unpaired) electrons. The smallest absolute Gasteiger partial charge is 0.341 e. The fourth-order valence-electron chi connectivity index (χ4n) is 1.32. The number of carboxylic acid groups (broad SMARTS) is 1. The predicted molar refractivity (Wildman–Crippen MR) is 78.1 cm³/mol. The third-order valence-corrected chi connectivity index (χ3v) is 3.37. The number of halogens is 3. The number of benzene rings is 1. The second kappa shape index (κ2) is 5.90. The van der Waals surface area contributed by atoms with Gasteiger partial charge in [0.15, 0.2) is 0 Å². The second-order valence-corrected chi connectivity index (χ2v) is 5.73. The van der Waals surface area contributed by atoms with Crippen molar-refractivity contribution < 1.29 is 14.6 Å². The Morgan fingerprint density at radius 3 is 2.63 bits per heavy atom. The Balaban J connectivity index is 2.40. The van der Waals surface area contributed by atoms with Crippen LogP contribution in [0.3, 0.4) is 0 Å². The number of ether oxygens (including phenoxy) is 1. The first-order chi connectivity index (χ1) is 8.97. The molecule has 0 saturated heterocycles. The van der Waals surface area contributed by atoms with Crippen LogP contribution in [0.25, 0.3) is 0 Å². The van der Waals surface area contributed by atoms with E-state index in [1.807, 2.05) is 0 Å². The molecule has 1 heterocycles. The van der Waals surface area contributed by atoms with Crippen LogP contribution >= 0.6 is 43.5 Å². The van der Waals surface area contributed by atoms with Crippen LogP contribution in [0.4, 0.5) is 0 Å². The number of aromatic nitrogens is 1. The minimum Gasteiger partial charge on any atom is -0.477 e. The van der Waals surface area contributed by atoms with Crippen molar-refractivity contribution in [3.05, 3.63) is 50.0 Å². The van der Waals surface area contributed by atoms with Gasteiger partial charge in [0.2, 0.25) is 5.88 Å². The Morgan fingerprint density at radius 1 is 1.26 bits per heavy atom. The molecular weight excluding hydrogens is 401 g/mol. The third-order valence-electron chi connectivity index (χ3n) is 2.15. The van der Waals surface area contributed by atoms with Gasteiger partial charge in [-0.2, -0.15) is 0 Å². The van der Waals surface area contributed by atoms with Crippen molar-refractivity contribution in [2.24, 2.45) is 0 Å². The molecule has 0 aliphatic carbocycles. The summed E-state index contributed by atoms with van der Waals surface area (Å²) in [5.41, 5.74) is -0.0478. The van der Waals surface area contributed by atoms with Crippen molar-refractivity contribution in [2.75, 3.05) is 0 Å². The van der Waals surface area contributed by atoms with E-state index in [9.17, 15) is 4.79 Å². The highest BCUT2D eigenvalue weighted by Gasteiger charge is 2.15. The highest BCUT2D eigenvalue weighted by Crippen LogP contribution is 2.32. The summed E-state index contributed by atoms with van der Waals surface area (Å²) in [6.45, 7) is 0. The molecule has 0 aliphatic heterocycles. The molecule has 4 nitrogen and oxygen atoms in total. The minimum atomic E-state index is -1.13. The zero-order valence-corrected chi connectivity index (χ0v) is 13.2. The van der Waals surface area contributed by atoms with Gasteiger partial charge in [0.25, 0.3) is 0 Å². The Hall–Kier alpha value is -1.11. The number of aromatic carboxylic acids is 1. The summed E-state index contributed by atoms with van der Waals surface area (Å²) in [6, 6.07) is 6.43. The average Bonchev–Trinajstić information content (AvgIpc) is 2.34. The van der Waals surface area contributed by atoms with Gasteiger partial charge in [0, 0.05) is 15.1 Å². The first-order valence-electron chi connectivity index (χ1n) is 4.99. The van der Waals surface area contributed by atoms with Crippen LogP contribution in [-0.4, -0.2) is 16.1 Å². The summed E-state index contributed by atoms with van der Waals surface area (Å²) >= 11 is 12.4. The maximum absolute atomic E-state index is 11.1. The van der Waals surface area contributed by atoms with E-state index in [2.05, 4.69) is 36.8 Å². The van der Waals surface area contributed by atoms with Gasteiger partial charge in [-0.1, -0.05) is 27.5 Å². The van der Waals surface area contributed by atoms with Gasteiger partial charge in [-0.05, 0) is 40.2 Å². The minimum absolute atomic E-state index is 0.0140. The number of carbonyl (C=O) groups is 1. The quantitative estimate of drug-likeness (QED) is 0.798. The number of nitrogens with zero attached hydrogens (tertiary/aromatic N) is 1. The summed E-state index contributed by atoms with van der Waals surface area (Å²) in [6.07, 6.45) is 1.45. The molecule has 2 aromatic rings. The van der Waals surface area contributed by atoms with E-state index >= 15 is 0 Å². The highest BCUT2D eigenvalue weighted by atomic mass is 79.9. The van der Waals surface area contributed by atoms with E-state index in [4.69, 9.17) is 21.4 Å². The summed E-state index contributed by atoms with van der Waals surface area (Å²) in [7, 11) is 0. The molecule has 1 aromatic heterocycles. The van der Waals surface area contributed by atoms with Crippen LogP contribution in [0.1, 0.15) is 10.4 Å². The number of hydrogen-bond donors (Lipinski definition) is 1. The van der Waals surface area contributed by atoms with Gasteiger partial charge >= 0.3 is 5.97 Å². The molecule has 0 amide bonds. The van der Waals surface area contributed by atoms with E-state index in [-0.39, 0.29) is 11.4 Å². The number of carboxylic acids is 1. The van der Waals surface area contributed by atoms with Crippen LogP contribution in [0.15, 0.2) is 39.4 Å². The second-order valence-electron chi connectivity index (χ2n) is 3.49. The topological polar surface area (TPSA) is 59.4 Å². The standard InChI is InChI=1S/C12H6Br2ClNO3/c13-6-1-2-10(9(15)4-6)19-11-8(12(17)18)3-7(14)5-16-11/h1-5H,(H,17,18). The molecule has 0 saturated carbocycles. The zero-order valence-electron chi connectivity index (χ0n) is 9.23. The monoisotopic (exact) mass is 405 g/mol. The Morgan fingerprint density at radius 2 is 2.00 bits per heavy atom. The van der Waals surface area contributed by atoms with Crippen molar-refractivity contribution in [3.63, 3.8) is 0 Å². The lowest BCUT2D eigenvalue weighted by atomic mass is 10.3. The van der Waals surface area contributed by atoms with Gasteiger partial charge < -0.3 is 9.84 Å². The van der Waals surface area contributed by atoms with Crippen molar-refractivity contribution in [3.8, 4) is 11.6 Å². The van der Waals surface area contributed by atoms with Gasteiger partial charge in [-0.15, -0.1) is 0 Å². The van der Waals surface area contributed by atoms with Crippen LogP contribution in [0.2, 0.25) is 5.02 Å². The van der Waals surface area contributed by atoms with E-state index < -0.39 is 5.97 Å². The number of rotatable bonds is 3. The van der Waals surface area contributed by atoms with Crippen molar-refractivity contribution in [1.29, 1.82) is 0 Å². The molecule has 0 spiro atoms. The van der Waals surface area contributed by atoms with Gasteiger partial charge in [0.1, 0.15) is 11.3 Å². The summed E-state index contributed by atoms with van der Waals surface area (Å²) in [5, 5.41) is 9.46. The SMILES string of the molecule is O=C(O)c1cc(Br)cnc1Oc1ccc(Br)cc1Cl. The lowest BCUT2D eigenvalue weighted by Gasteiger charge is -2.09. The van der Waals surface area contributed by atoms with E-state index in [1.165, 1.54) is 12.3 Å². The molecule has 0 aliphatic rings. The zero-order chi connectivity index (χ0) is 14.0. The Bertz CT molecular complexity index is 649. The van der Waals surface area contributed by atoms with Crippen molar-refractivity contribution in [1.82, 2.24) is 4.98 Å². The van der Waals surface area contributed by atoms with Gasteiger partial charge in [-0.25, -0.2) is 9.78 Å². The molecule has 0 fully saturated rings. The van der Waals surface area contributed by atoms with Gasteiger partial charge in [0.05, 0.1) is 5.02 Å². The predicted octanol–water partition coefficient (Wildman–Crippen LogP) is 4.75. The molecule has 1 aromatic carbocycles. The molecule has 98 valence electrons. The molecular formula is C12H6Br2ClNO3. The van der Waals surface area contributed by atoms with E-state index in [0.717, 1.165) is 4.47 Å². The Kier molecular flexibility index (Phi) is 4.44. The molecule has 0 unspecified atom stereocenters. The molecule has 2 rings (SSSR count). The molecule has 0 bridgehead atoms. The van der Waals surface area contributed by atoms with Crippen LogP contribution in [-0.2, 0) is 0 Å². The summed E-state index contributed by atoms with van der Waals surface area (Å²) in [4.78, 5) is 15.1. The van der Waals surface area contributed by atoms with Gasteiger partial charge in [-0.3, -0.25) is 0 Å². The van der Waals surface area contributed by atoms with Crippen LogP contribution < -0.4 is 4.74 Å². The maximum Gasteiger partial charge on any atom is 0.341 e. The molecule has 19 heavy (non-hydrogen) atoms. The molecule has 7 heteroatoms. The highest BCUT2D eigenvalue weighted by molar-refractivity contribution is 9.10. The van der Waals surface area contributed by atoms with Crippen molar-refractivity contribution >= 4 is 49.4 Å². The van der Waals surface area contributed by atoms with Crippen molar-refractivity contribution in [2.45, 2.75) is 0 Å². The lowest BCUT2D eigenvalue weighted by Crippen LogP contribution is -2.02. The summed E-state index contributed by atoms with van der Waals surface area (Å²) < 4.78 is 6.80. The number of hydrogen-bond acceptors (Lipinski definition) is 3. The van der Waals surface area contributed by atoms with Crippen LogP contribution in [0.5, 0.6) is 11.6 Å². The first-order valence-corrected chi connectivity index (χ1v) is 6.95. The third kappa shape index (κ3) is 3.46. The largest absolute Gasteiger partial charge is 0.477 e. The fraction of sp³-hybridized carbons (Fsp3) is 0. The first kappa shape index (κ1) is 14.3. The lowest BCUT2D eigenvalue weighted by molar-refractivity contribution is 0.0693. The van der Waals surface area contributed by atoms with Crippen LogP contribution in [0, 0.1) is 0 Å². The average molecular weight is 407 g/mol. The normalized spacial score (nSPS) is 10.3. The maximum atomic E-state index is 11.1. The molecule has 1 N–H and O–H groups in total. The summed E-state index contributed by atoms with van der Waals surface area (Å²) in [5.74, 6) is -0.806. The van der Waals surface area contributed by atoms with E-state index in [0.29, 0.717) is 15.2 Å².